The molecule has 1 N–H and O–H groups in total. The number of benzene rings is 1. The highest BCUT2D eigenvalue weighted by atomic mass is 19.1. The second kappa shape index (κ2) is 6.60. The SMILES string of the molecule is Fc1ccc(NCCCN2CCCCC2)cc1. The van der Waals surface area contributed by atoms with Crippen molar-refractivity contribution in [2.24, 2.45) is 0 Å². The molecule has 0 aliphatic carbocycles. The number of likely N-dealkylation sites (tertiary alicyclic amines) is 1. The fourth-order valence-corrected chi connectivity index (χ4v) is 2.29. The van der Waals surface area contributed by atoms with Crippen LogP contribution < -0.4 is 5.32 Å². The predicted molar refractivity (Wildman–Crippen MR) is 69.8 cm³/mol. The van der Waals surface area contributed by atoms with E-state index in [1.165, 1.54) is 51.0 Å². The molecule has 17 heavy (non-hydrogen) atoms. The van der Waals surface area contributed by atoms with Crippen LogP contribution in [0.5, 0.6) is 0 Å². The molecule has 0 spiro atoms. The van der Waals surface area contributed by atoms with Crippen LogP contribution in [-0.2, 0) is 0 Å². The highest BCUT2D eigenvalue weighted by Crippen LogP contribution is 2.10. The number of nitrogens with zero attached hydrogens (tertiary/aromatic N) is 1. The first-order valence-corrected chi connectivity index (χ1v) is 6.56. The average molecular weight is 236 g/mol. The van der Waals surface area contributed by atoms with Crippen molar-refractivity contribution < 1.29 is 4.39 Å². The van der Waals surface area contributed by atoms with Crippen molar-refractivity contribution in [2.75, 3.05) is 31.5 Å². The minimum Gasteiger partial charge on any atom is -0.385 e. The summed E-state index contributed by atoms with van der Waals surface area (Å²) < 4.78 is 12.7. The van der Waals surface area contributed by atoms with E-state index < -0.39 is 0 Å². The number of piperidine rings is 1. The van der Waals surface area contributed by atoms with E-state index in [0.29, 0.717) is 0 Å². The molecule has 0 atom stereocenters. The normalized spacial score (nSPS) is 17.0. The molecule has 0 aromatic heterocycles. The number of hydrogen-bond acceptors (Lipinski definition) is 2. The highest BCUT2D eigenvalue weighted by molar-refractivity contribution is 5.42. The highest BCUT2D eigenvalue weighted by Gasteiger charge is 2.08. The molecule has 1 aliphatic heterocycles. The standard InChI is InChI=1S/C14H21FN2/c15-13-5-7-14(8-6-13)16-9-4-12-17-10-2-1-3-11-17/h5-8,16H,1-4,9-12H2. The molecule has 0 amide bonds. The molecule has 1 aromatic carbocycles. The van der Waals surface area contributed by atoms with E-state index in [-0.39, 0.29) is 5.82 Å². The van der Waals surface area contributed by atoms with Gasteiger partial charge >= 0.3 is 0 Å². The zero-order chi connectivity index (χ0) is 11.9. The molecule has 3 heteroatoms. The summed E-state index contributed by atoms with van der Waals surface area (Å²) in [7, 11) is 0. The lowest BCUT2D eigenvalue weighted by Gasteiger charge is -2.26. The first-order valence-electron chi connectivity index (χ1n) is 6.56. The van der Waals surface area contributed by atoms with E-state index in [4.69, 9.17) is 0 Å². The van der Waals surface area contributed by atoms with Crippen molar-refractivity contribution in [2.45, 2.75) is 25.7 Å². The fraction of sp³-hybridized carbons (Fsp3) is 0.571. The van der Waals surface area contributed by atoms with Crippen LogP contribution in [0.15, 0.2) is 24.3 Å². The van der Waals surface area contributed by atoms with Crippen LogP contribution in [0.2, 0.25) is 0 Å². The van der Waals surface area contributed by atoms with Gasteiger partial charge in [-0.1, -0.05) is 6.42 Å². The van der Waals surface area contributed by atoms with E-state index in [2.05, 4.69) is 10.2 Å². The fourth-order valence-electron chi connectivity index (χ4n) is 2.29. The van der Waals surface area contributed by atoms with Gasteiger partial charge in [-0.25, -0.2) is 4.39 Å². The molecule has 0 unspecified atom stereocenters. The summed E-state index contributed by atoms with van der Waals surface area (Å²) in [5.41, 5.74) is 1.00. The van der Waals surface area contributed by atoms with E-state index in [1.54, 1.807) is 12.1 Å². The Hall–Kier alpha value is -1.09. The Kier molecular flexibility index (Phi) is 4.80. The van der Waals surface area contributed by atoms with Crippen LogP contribution in [0.4, 0.5) is 10.1 Å². The summed E-state index contributed by atoms with van der Waals surface area (Å²) in [4.78, 5) is 2.54. The van der Waals surface area contributed by atoms with Gasteiger partial charge in [-0.05, 0) is 63.2 Å². The molecule has 1 heterocycles. The molecule has 0 saturated carbocycles. The third-order valence-corrected chi connectivity index (χ3v) is 3.27. The summed E-state index contributed by atoms with van der Waals surface area (Å²) in [6.45, 7) is 4.66. The van der Waals surface area contributed by atoms with Crippen molar-refractivity contribution in [1.82, 2.24) is 4.90 Å². The Labute approximate surface area is 103 Å². The Bertz CT molecular complexity index is 317. The maximum Gasteiger partial charge on any atom is 0.123 e. The quantitative estimate of drug-likeness (QED) is 0.790. The topological polar surface area (TPSA) is 15.3 Å². The third kappa shape index (κ3) is 4.35. The molecule has 94 valence electrons. The van der Waals surface area contributed by atoms with Crippen LogP contribution in [0, 0.1) is 5.82 Å². The van der Waals surface area contributed by atoms with Crippen molar-refractivity contribution in [1.29, 1.82) is 0 Å². The Morgan fingerprint density at radius 3 is 2.47 bits per heavy atom. The predicted octanol–water partition coefficient (Wildman–Crippen LogP) is 3.11. The summed E-state index contributed by atoms with van der Waals surface area (Å²) in [6, 6.07) is 6.56. The zero-order valence-electron chi connectivity index (χ0n) is 10.3. The first-order chi connectivity index (χ1) is 8.34. The molecule has 1 aromatic rings. The number of rotatable bonds is 5. The van der Waals surface area contributed by atoms with Gasteiger partial charge in [0, 0.05) is 12.2 Å². The van der Waals surface area contributed by atoms with Gasteiger partial charge in [-0.15, -0.1) is 0 Å². The van der Waals surface area contributed by atoms with E-state index in [0.717, 1.165) is 18.7 Å². The van der Waals surface area contributed by atoms with Crippen LogP contribution in [0.25, 0.3) is 0 Å². The van der Waals surface area contributed by atoms with Gasteiger partial charge in [0.05, 0.1) is 0 Å². The van der Waals surface area contributed by atoms with Crippen molar-refractivity contribution >= 4 is 5.69 Å². The van der Waals surface area contributed by atoms with Crippen molar-refractivity contribution in [3.05, 3.63) is 30.1 Å². The van der Waals surface area contributed by atoms with Gasteiger partial charge in [0.15, 0.2) is 0 Å². The largest absolute Gasteiger partial charge is 0.385 e. The van der Waals surface area contributed by atoms with E-state index >= 15 is 0 Å². The van der Waals surface area contributed by atoms with Crippen molar-refractivity contribution in [3.63, 3.8) is 0 Å². The van der Waals surface area contributed by atoms with E-state index in [9.17, 15) is 4.39 Å². The van der Waals surface area contributed by atoms with Gasteiger partial charge in [-0.3, -0.25) is 0 Å². The van der Waals surface area contributed by atoms with Gasteiger partial charge in [-0.2, -0.15) is 0 Å². The number of anilines is 1. The molecule has 1 saturated heterocycles. The zero-order valence-corrected chi connectivity index (χ0v) is 10.3. The summed E-state index contributed by atoms with van der Waals surface area (Å²) in [6.07, 6.45) is 5.25. The first kappa shape index (κ1) is 12.4. The monoisotopic (exact) mass is 236 g/mol. The summed E-state index contributed by atoms with van der Waals surface area (Å²) in [5.74, 6) is -0.177. The molecule has 0 radical (unpaired) electrons. The number of halogens is 1. The second-order valence-corrected chi connectivity index (χ2v) is 4.69. The van der Waals surface area contributed by atoms with Crippen LogP contribution >= 0.6 is 0 Å². The molecular formula is C14H21FN2. The molecule has 2 rings (SSSR count). The van der Waals surface area contributed by atoms with Gasteiger partial charge in [0.1, 0.15) is 5.82 Å². The summed E-state index contributed by atoms with van der Waals surface area (Å²) >= 11 is 0. The maximum atomic E-state index is 12.7. The molecule has 0 bridgehead atoms. The van der Waals surface area contributed by atoms with Gasteiger partial charge in [0.25, 0.3) is 0 Å². The molecule has 1 aliphatic rings. The molecule has 1 fully saturated rings. The Morgan fingerprint density at radius 1 is 1.06 bits per heavy atom. The maximum absolute atomic E-state index is 12.7. The van der Waals surface area contributed by atoms with Crippen molar-refractivity contribution in [3.8, 4) is 0 Å². The Morgan fingerprint density at radius 2 is 1.76 bits per heavy atom. The lowest BCUT2D eigenvalue weighted by Crippen LogP contribution is -2.31. The van der Waals surface area contributed by atoms with Crippen LogP contribution in [-0.4, -0.2) is 31.1 Å². The third-order valence-electron chi connectivity index (χ3n) is 3.27. The Balaban J connectivity index is 1.60. The molecular weight excluding hydrogens is 215 g/mol. The number of nitrogens with one attached hydrogen (secondary N) is 1. The van der Waals surface area contributed by atoms with Gasteiger partial charge in [0.2, 0.25) is 0 Å². The second-order valence-electron chi connectivity index (χ2n) is 4.69. The number of hydrogen-bond donors (Lipinski definition) is 1. The minimum absolute atomic E-state index is 0.177. The van der Waals surface area contributed by atoms with E-state index in [1.807, 2.05) is 0 Å². The molecule has 2 nitrogen and oxygen atoms in total. The smallest absolute Gasteiger partial charge is 0.123 e. The lowest BCUT2D eigenvalue weighted by atomic mass is 10.1. The summed E-state index contributed by atoms with van der Waals surface area (Å²) in [5, 5.41) is 3.32. The van der Waals surface area contributed by atoms with Crippen LogP contribution in [0.1, 0.15) is 25.7 Å². The minimum atomic E-state index is -0.177. The average Bonchev–Trinajstić information content (AvgIpc) is 2.38. The lowest BCUT2D eigenvalue weighted by molar-refractivity contribution is 0.228. The van der Waals surface area contributed by atoms with Crippen LogP contribution in [0.3, 0.4) is 0 Å². The van der Waals surface area contributed by atoms with Gasteiger partial charge < -0.3 is 10.2 Å².